The van der Waals surface area contributed by atoms with Crippen LogP contribution in [0.15, 0.2) is 66.7 Å². The van der Waals surface area contributed by atoms with E-state index in [1.807, 2.05) is 25.1 Å². The smallest absolute Gasteiger partial charge is 0.119 e. The van der Waals surface area contributed by atoms with Gasteiger partial charge in [0.05, 0.1) is 12.6 Å². The maximum absolute atomic E-state index is 5.36. The maximum atomic E-state index is 5.36. The predicted octanol–water partition coefficient (Wildman–Crippen LogP) is 5.74. The lowest BCUT2D eigenvalue weighted by Gasteiger charge is -2.12. The molecule has 132 valence electrons. The van der Waals surface area contributed by atoms with Crippen LogP contribution in [0.5, 0.6) is 5.75 Å². The molecule has 0 fully saturated rings. The van der Waals surface area contributed by atoms with Gasteiger partial charge in [-0.3, -0.25) is 4.98 Å². The molecule has 0 saturated carbocycles. The molecule has 1 aromatic heterocycles. The van der Waals surface area contributed by atoms with Crippen molar-refractivity contribution in [2.24, 2.45) is 0 Å². The number of methoxy groups -OCH3 is 1. The van der Waals surface area contributed by atoms with Crippen LogP contribution >= 0.6 is 12.4 Å². The third-order valence-electron chi connectivity index (χ3n) is 4.44. The Kier molecular flexibility index (Phi) is 5.29. The summed E-state index contributed by atoms with van der Waals surface area (Å²) in [5.74, 6) is 0.840. The predicted molar refractivity (Wildman–Crippen MR) is 112 cm³/mol. The number of fused-ring (bicyclic) bond motifs is 2. The molecule has 4 aromatic rings. The average molecular weight is 365 g/mol. The highest BCUT2D eigenvalue weighted by molar-refractivity contribution is 5.92. The van der Waals surface area contributed by atoms with Crippen LogP contribution in [0, 0.1) is 6.92 Å². The Morgan fingerprint density at radius 3 is 2.54 bits per heavy atom. The van der Waals surface area contributed by atoms with E-state index < -0.39 is 0 Å². The Balaban J connectivity index is 0.00000196. The number of aromatic nitrogens is 1. The molecule has 0 amide bonds. The van der Waals surface area contributed by atoms with Crippen molar-refractivity contribution in [1.29, 1.82) is 0 Å². The summed E-state index contributed by atoms with van der Waals surface area (Å²) in [6, 6.07) is 23.1. The molecule has 0 aliphatic carbocycles. The quantitative estimate of drug-likeness (QED) is 0.501. The molecule has 0 aliphatic heterocycles. The van der Waals surface area contributed by atoms with E-state index in [1.54, 1.807) is 7.11 Å². The first kappa shape index (κ1) is 18.0. The van der Waals surface area contributed by atoms with Gasteiger partial charge in [-0.05, 0) is 53.6 Å². The minimum atomic E-state index is 0. The van der Waals surface area contributed by atoms with Crippen molar-refractivity contribution in [2.75, 3.05) is 12.4 Å². The number of rotatable bonds is 4. The maximum Gasteiger partial charge on any atom is 0.119 e. The van der Waals surface area contributed by atoms with Gasteiger partial charge in [-0.2, -0.15) is 0 Å². The van der Waals surface area contributed by atoms with Crippen molar-refractivity contribution >= 4 is 39.8 Å². The second kappa shape index (κ2) is 7.63. The van der Waals surface area contributed by atoms with Gasteiger partial charge in [-0.1, -0.05) is 36.4 Å². The summed E-state index contributed by atoms with van der Waals surface area (Å²) >= 11 is 0. The number of benzene rings is 3. The van der Waals surface area contributed by atoms with E-state index in [1.165, 1.54) is 16.3 Å². The zero-order valence-corrected chi connectivity index (χ0v) is 15.6. The van der Waals surface area contributed by atoms with E-state index in [2.05, 4.69) is 58.8 Å². The Bertz CT molecular complexity index is 1060. The van der Waals surface area contributed by atoms with Crippen LogP contribution in [-0.2, 0) is 6.54 Å². The van der Waals surface area contributed by atoms with Crippen LogP contribution in [0.25, 0.3) is 21.7 Å². The third-order valence-corrected chi connectivity index (χ3v) is 4.44. The van der Waals surface area contributed by atoms with Crippen LogP contribution in [0.2, 0.25) is 0 Å². The van der Waals surface area contributed by atoms with Crippen LogP contribution in [0.4, 0.5) is 5.69 Å². The standard InChI is InChI=1S/C22H20N2O.ClH/c1-15-11-22(20-13-19(25-2)9-10-21(20)24-15)23-14-16-7-8-17-5-3-4-6-18(17)12-16;/h3-13H,14H2,1-2H3,(H,23,24);1H. The van der Waals surface area contributed by atoms with Gasteiger partial charge in [0, 0.05) is 23.3 Å². The molecule has 3 nitrogen and oxygen atoms in total. The largest absolute Gasteiger partial charge is 0.497 e. The monoisotopic (exact) mass is 364 g/mol. The van der Waals surface area contributed by atoms with Gasteiger partial charge in [-0.15, -0.1) is 12.4 Å². The highest BCUT2D eigenvalue weighted by Crippen LogP contribution is 2.28. The summed E-state index contributed by atoms with van der Waals surface area (Å²) in [5.41, 5.74) is 4.30. The van der Waals surface area contributed by atoms with Gasteiger partial charge in [0.1, 0.15) is 5.75 Å². The molecule has 0 radical (unpaired) electrons. The number of anilines is 1. The minimum Gasteiger partial charge on any atom is -0.497 e. The van der Waals surface area contributed by atoms with Crippen molar-refractivity contribution in [3.05, 3.63) is 78.0 Å². The molecule has 0 saturated heterocycles. The molecular weight excluding hydrogens is 344 g/mol. The van der Waals surface area contributed by atoms with Gasteiger partial charge in [0.15, 0.2) is 0 Å². The summed E-state index contributed by atoms with van der Waals surface area (Å²) in [7, 11) is 1.69. The number of pyridine rings is 1. The lowest BCUT2D eigenvalue weighted by molar-refractivity contribution is 0.415. The lowest BCUT2D eigenvalue weighted by Crippen LogP contribution is -2.01. The molecule has 0 unspecified atom stereocenters. The Labute approximate surface area is 159 Å². The number of ether oxygens (including phenoxy) is 1. The van der Waals surface area contributed by atoms with Crippen molar-refractivity contribution in [3.63, 3.8) is 0 Å². The first-order chi connectivity index (χ1) is 12.2. The molecule has 1 heterocycles. The Hall–Kier alpha value is -2.78. The molecule has 26 heavy (non-hydrogen) atoms. The van der Waals surface area contributed by atoms with E-state index in [4.69, 9.17) is 4.74 Å². The summed E-state index contributed by atoms with van der Waals surface area (Å²) in [5, 5.41) is 7.17. The summed E-state index contributed by atoms with van der Waals surface area (Å²) < 4.78 is 5.36. The first-order valence-electron chi connectivity index (χ1n) is 8.40. The topological polar surface area (TPSA) is 34.1 Å². The molecule has 0 aliphatic rings. The van der Waals surface area contributed by atoms with E-state index in [0.717, 1.165) is 34.6 Å². The van der Waals surface area contributed by atoms with Crippen molar-refractivity contribution in [3.8, 4) is 5.75 Å². The number of halogens is 1. The van der Waals surface area contributed by atoms with Crippen LogP contribution in [0.1, 0.15) is 11.3 Å². The fraction of sp³-hybridized carbons (Fsp3) is 0.136. The second-order valence-electron chi connectivity index (χ2n) is 6.23. The summed E-state index contributed by atoms with van der Waals surface area (Å²) in [6.45, 7) is 2.78. The fourth-order valence-corrected chi connectivity index (χ4v) is 3.16. The number of nitrogens with zero attached hydrogens (tertiary/aromatic N) is 1. The fourth-order valence-electron chi connectivity index (χ4n) is 3.16. The zero-order chi connectivity index (χ0) is 17.2. The average Bonchev–Trinajstić information content (AvgIpc) is 2.65. The highest BCUT2D eigenvalue weighted by Gasteiger charge is 2.06. The first-order valence-corrected chi connectivity index (χ1v) is 8.40. The summed E-state index contributed by atoms with van der Waals surface area (Å²) in [6.07, 6.45) is 0. The molecule has 1 N–H and O–H groups in total. The van der Waals surface area contributed by atoms with Crippen molar-refractivity contribution < 1.29 is 4.74 Å². The third kappa shape index (κ3) is 3.58. The molecule has 4 rings (SSSR count). The van der Waals surface area contributed by atoms with Crippen molar-refractivity contribution in [2.45, 2.75) is 13.5 Å². The van der Waals surface area contributed by atoms with Crippen LogP contribution < -0.4 is 10.1 Å². The van der Waals surface area contributed by atoms with Gasteiger partial charge in [-0.25, -0.2) is 0 Å². The molecule has 0 bridgehead atoms. The van der Waals surface area contributed by atoms with Gasteiger partial charge >= 0.3 is 0 Å². The molecular formula is C22H21ClN2O. The Morgan fingerprint density at radius 1 is 0.923 bits per heavy atom. The molecule has 0 spiro atoms. The number of hydrogen-bond donors (Lipinski definition) is 1. The van der Waals surface area contributed by atoms with E-state index in [-0.39, 0.29) is 12.4 Å². The highest BCUT2D eigenvalue weighted by atomic mass is 35.5. The lowest BCUT2D eigenvalue weighted by atomic mass is 10.1. The van der Waals surface area contributed by atoms with Gasteiger partial charge < -0.3 is 10.1 Å². The molecule has 3 aromatic carbocycles. The molecule has 0 atom stereocenters. The number of aryl methyl sites for hydroxylation is 1. The Morgan fingerprint density at radius 2 is 1.73 bits per heavy atom. The molecule has 4 heteroatoms. The SMILES string of the molecule is COc1ccc2nc(C)cc(NCc3ccc4ccccc4c3)c2c1.Cl. The van der Waals surface area contributed by atoms with E-state index >= 15 is 0 Å². The van der Waals surface area contributed by atoms with Crippen LogP contribution in [0.3, 0.4) is 0 Å². The zero-order valence-electron chi connectivity index (χ0n) is 14.8. The summed E-state index contributed by atoms with van der Waals surface area (Å²) in [4.78, 5) is 4.61. The van der Waals surface area contributed by atoms with Gasteiger partial charge in [0.2, 0.25) is 0 Å². The second-order valence-corrected chi connectivity index (χ2v) is 6.23. The van der Waals surface area contributed by atoms with Crippen LogP contribution in [-0.4, -0.2) is 12.1 Å². The van der Waals surface area contributed by atoms with E-state index in [0.29, 0.717) is 0 Å². The normalized spacial score (nSPS) is 10.5. The number of hydrogen-bond acceptors (Lipinski definition) is 3. The van der Waals surface area contributed by atoms with Gasteiger partial charge in [0.25, 0.3) is 0 Å². The van der Waals surface area contributed by atoms with Crippen molar-refractivity contribution in [1.82, 2.24) is 4.98 Å². The minimum absolute atomic E-state index is 0. The van der Waals surface area contributed by atoms with E-state index in [9.17, 15) is 0 Å². The number of nitrogens with one attached hydrogen (secondary N) is 1.